The van der Waals surface area contributed by atoms with Crippen molar-refractivity contribution in [3.05, 3.63) is 40.9 Å². The highest BCUT2D eigenvalue weighted by atomic mass is 32.2. The number of hydrogen-bond acceptors (Lipinski definition) is 5. The van der Waals surface area contributed by atoms with Gasteiger partial charge >= 0.3 is 0 Å². The first-order chi connectivity index (χ1) is 8.31. The normalized spacial score (nSPS) is 15.5. The fraction of sp³-hybridized carbons (Fsp3) is 0.0909. The van der Waals surface area contributed by atoms with E-state index < -0.39 is 21.7 Å². The van der Waals surface area contributed by atoms with Crippen LogP contribution in [0.5, 0.6) is 0 Å². The zero-order valence-corrected chi connectivity index (χ0v) is 10.3. The largest absolute Gasteiger partial charge is 0.398 e. The number of amides is 2. The molecule has 1 aromatic rings. The van der Waals surface area contributed by atoms with Crippen molar-refractivity contribution in [3.8, 4) is 0 Å². The molecule has 0 spiro atoms. The molecule has 2 rings (SSSR count). The molecule has 1 heterocycles. The highest BCUT2D eigenvalue weighted by Crippen LogP contribution is 2.27. The molecule has 18 heavy (non-hydrogen) atoms. The van der Waals surface area contributed by atoms with Crippen molar-refractivity contribution in [1.82, 2.24) is 4.90 Å². The van der Waals surface area contributed by atoms with Gasteiger partial charge in [-0.15, -0.1) is 0 Å². The van der Waals surface area contributed by atoms with Gasteiger partial charge in [0.25, 0.3) is 11.8 Å². The number of benzene rings is 1. The van der Waals surface area contributed by atoms with Crippen molar-refractivity contribution in [2.75, 3.05) is 12.0 Å². The molecule has 0 fully saturated rings. The van der Waals surface area contributed by atoms with Gasteiger partial charge in [-0.3, -0.25) is 9.59 Å². The second kappa shape index (κ2) is 3.95. The molecule has 0 aliphatic carbocycles. The van der Waals surface area contributed by atoms with E-state index in [0.717, 1.165) is 22.8 Å². The van der Waals surface area contributed by atoms with E-state index in [1.807, 2.05) is 0 Å². The van der Waals surface area contributed by atoms with Gasteiger partial charge in [-0.1, -0.05) is 6.07 Å². The molecule has 2 amide bonds. The lowest BCUT2D eigenvalue weighted by molar-refractivity contribution is 0.0722. The molecule has 0 aromatic heterocycles. The van der Waals surface area contributed by atoms with Crippen molar-refractivity contribution in [2.45, 2.75) is 0 Å². The fourth-order valence-corrected chi connectivity index (χ4v) is 1.98. The van der Waals surface area contributed by atoms with Crippen LogP contribution in [0, 0.1) is 0 Å². The van der Waals surface area contributed by atoms with Crippen LogP contribution in [0.3, 0.4) is 0 Å². The van der Waals surface area contributed by atoms with Crippen LogP contribution in [0.15, 0.2) is 29.8 Å². The highest BCUT2D eigenvalue weighted by Gasteiger charge is 2.35. The van der Waals surface area contributed by atoms with Crippen LogP contribution in [0.25, 0.3) is 0 Å². The molecular weight excluding hydrogens is 256 g/mol. The molecule has 1 aromatic carbocycles. The van der Waals surface area contributed by atoms with Crippen LogP contribution in [0.1, 0.15) is 20.7 Å². The first kappa shape index (κ1) is 12.3. The third-order valence-corrected chi connectivity index (χ3v) is 3.05. The number of nitrogen functional groups attached to an aromatic ring is 1. The molecular formula is C11H10N2O4S. The number of hydrogen-bond donors (Lipinski definition) is 1. The molecule has 1 aliphatic rings. The van der Waals surface area contributed by atoms with Crippen LogP contribution >= 0.6 is 0 Å². The smallest absolute Gasteiger partial charge is 0.267 e. The van der Waals surface area contributed by atoms with Crippen LogP contribution in [-0.2, 0) is 9.84 Å². The lowest BCUT2D eigenvalue weighted by atomic mass is 10.1. The predicted octanol–water partition coefficient (Wildman–Crippen LogP) is 0.381. The van der Waals surface area contributed by atoms with E-state index >= 15 is 0 Å². The van der Waals surface area contributed by atoms with Crippen LogP contribution in [-0.4, -0.2) is 31.4 Å². The number of fused-ring (bicyclic) bond motifs is 1. The molecule has 2 N–H and O–H groups in total. The lowest BCUT2D eigenvalue weighted by Gasteiger charge is -2.06. The topological polar surface area (TPSA) is 97.5 Å². The fourth-order valence-electron chi connectivity index (χ4n) is 1.64. The minimum absolute atomic E-state index is 0.112. The Morgan fingerprint density at radius 3 is 2.44 bits per heavy atom. The van der Waals surface area contributed by atoms with Gasteiger partial charge in [0.05, 0.1) is 11.1 Å². The summed E-state index contributed by atoms with van der Waals surface area (Å²) in [6.45, 7) is 0. The molecule has 0 unspecified atom stereocenters. The summed E-state index contributed by atoms with van der Waals surface area (Å²) < 4.78 is 22.0. The van der Waals surface area contributed by atoms with E-state index in [1.165, 1.54) is 12.1 Å². The summed E-state index contributed by atoms with van der Waals surface area (Å²) in [6, 6.07) is 4.54. The SMILES string of the molecule is CS(=O)(=O)/C=C/N1C(=O)c2cccc(N)c2C1=O. The maximum absolute atomic E-state index is 11.9. The van der Waals surface area contributed by atoms with Crippen molar-refractivity contribution >= 4 is 27.3 Å². The predicted molar refractivity (Wildman–Crippen MR) is 65.3 cm³/mol. The standard InChI is InChI=1S/C11H10N2O4S/c1-18(16,17)6-5-13-10(14)7-3-2-4-8(12)9(7)11(13)15/h2-6H,12H2,1H3/b6-5+. The number of carbonyl (C=O) groups is 2. The van der Waals surface area contributed by atoms with E-state index in [-0.39, 0.29) is 16.8 Å². The highest BCUT2D eigenvalue weighted by molar-refractivity contribution is 7.93. The van der Waals surface area contributed by atoms with Gasteiger partial charge in [-0.25, -0.2) is 13.3 Å². The Morgan fingerprint density at radius 2 is 1.89 bits per heavy atom. The number of imide groups is 1. The van der Waals surface area contributed by atoms with Crippen molar-refractivity contribution < 1.29 is 18.0 Å². The van der Waals surface area contributed by atoms with Crippen molar-refractivity contribution in [3.63, 3.8) is 0 Å². The minimum Gasteiger partial charge on any atom is -0.398 e. The van der Waals surface area contributed by atoms with E-state index in [2.05, 4.69) is 0 Å². The van der Waals surface area contributed by atoms with E-state index in [1.54, 1.807) is 6.07 Å². The number of anilines is 1. The molecule has 6 nitrogen and oxygen atoms in total. The lowest BCUT2D eigenvalue weighted by Crippen LogP contribution is -2.24. The molecule has 1 aliphatic heterocycles. The van der Waals surface area contributed by atoms with Crippen molar-refractivity contribution in [2.24, 2.45) is 0 Å². The van der Waals surface area contributed by atoms with Crippen LogP contribution < -0.4 is 5.73 Å². The zero-order chi connectivity index (χ0) is 13.5. The quantitative estimate of drug-likeness (QED) is 0.616. The molecule has 0 saturated heterocycles. The summed E-state index contributed by atoms with van der Waals surface area (Å²) in [4.78, 5) is 24.5. The average Bonchev–Trinajstić information content (AvgIpc) is 2.49. The summed E-state index contributed by atoms with van der Waals surface area (Å²) >= 11 is 0. The van der Waals surface area contributed by atoms with E-state index in [0.29, 0.717) is 0 Å². The van der Waals surface area contributed by atoms with Gasteiger partial charge in [-0.05, 0) is 12.1 Å². The summed E-state index contributed by atoms with van der Waals surface area (Å²) in [5.74, 6) is -1.20. The Labute approximate surface area is 104 Å². The van der Waals surface area contributed by atoms with Gasteiger partial charge in [0.2, 0.25) is 0 Å². The Balaban J connectivity index is 2.47. The number of sulfone groups is 1. The van der Waals surface area contributed by atoms with Crippen LogP contribution in [0.4, 0.5) is 5.69 Å². The van der Waals surface area contributed by atoms with Gasteiger partial charge in [0.1, 0.15) is 0 Å². The number of rotatable bonds is 2. The Bertz CT molecular complexity index is 676. The molecule has 0 saturated carbocycles. The van der Waals surface area contributed by atoms with Gasteiger partial charge < -0.3 is 5.73 Å². The van der Waals surface area contributed by atoms with E-state index in [4.69, 9.17) is 5.73 Å². The molecule has 94 valence electrons. The first-order valence-electron chi connectivity index (χ1n) is 4.96. The molecule has 7 heteroatoms. The van der Waals surface area contributed by atoms with Gasteiger partial charge in [0, 0.05) is 23.6 Å². The summed E-state index contributed by atoms with van der Waals surface area (Å²) in [6.07, 6.45) is 1.91. The van der Waals surface area contributed by atoms with Gasteiger partial charge in [0.15, 0.2) is 9.84 Å². The molecule has 0 radical (unpaired) electrons. The first-order valence-corrected chi connectivity index (χ1v) is 6.91. The van der Waals surface area contributed by atoms with Gasteiger partial charge in [-0.2, -0.15) is 0 Å². The number of nitrogens with zero attached hydrogens (tertiary/aromatic N) is 1. The second-order valence-electron chi connectivity index (χ2n) is 3.86. The maximum atomic E-state index is 11.9. The summed E-state index contributed by atoms with van der Waals surface area (Å²) in [5, 5.41) is 0.796. The monoisotopic (exact) mass is 266 g/mol. The summed E-state index contributed by atoms with van der Waals surface area (Å²) in [5.41, 5.74) is 6.11. The molecule has 0 bridgehead atoms. The summed E-state index contributed by atoms with van der Waals surface area (Å²) in [7, 11) is -3.41. The van der Waals surface area contributed by atoms with E-state index in [9.17, 15) is 18.0 Å². The zero-order valence-electron chi connectivity index (χ0n) is 9.45. The Morgan fingerprint density at radius 1 is 1.22 bits per heavy atom. The average molecular weight is 266 g/mol. The second-order valence-corrected chi connectivity index (χ2v) is 5.80. The maximum Gasteiger partial charge on any atom is 0.267 e. The van der Waals surface area contributed by atoms with Crippen molar-refractivity contribution in [1.29, 1.82) is 0 Å². The Hall–Kier alpha value is -2.15. The number of carbonyl (C=O) groups excluding carboxylic acids is 2. The third kappa shape index (κ3) is 2.00. The molecule has 0 atom stereocenters. The number of nitrogens with two attached hydrogens (primary N) is 1. The Kier molecular flexibility index (Phi) is 2.70. The third-order valence-electron chi connectivity index (χ3n) is 2.44. The minimum atomic E-state index is -3.41. The van der Waals surface area contributed by atoms with Crippen LogP contribution in [0.2, 0.25) is 0 Å².